The van der Waals surface area contributed by atoms with Gasteiger partial charge in [-0.1, -0.05) is 45.0 Å². The number of likely N-dealkylation sites (tertiary alicyclic amines) is 1. The number of aryl methyl sites for hydroxylation is 1. The summed E-state index contributed by atoms with van der Waals surface area (Å²) in [5.41, 5.74) is 8.71. The Morgan fingerprint density at radius 2 is 1.91 bits per heavy atom. The topological polar surface area (TPSA) is 46.3 Å². The van der Waals surface area contributed by atoms with Crippen molar-refractivity contribution in [2.75, 3.05) is 6.54 Å². The molecule has 2 N–H and O–H groups in total. The molecule has 3 nitrogen and oxygen atoms in total. The van der Waals surface area contributed by atoms with E-state index < -0.39 is 0 Å². The third-order valence-corrected chi connectivity index (χ3v) is 4.68. The van der Waals surface area contributed by atoms with Gasteiger partial charge < -0.3 is 10.6 Å². The van der Waals surface area contributed by atoms with Gasteiger partial charge in [-0.3, -0.25) is 4.79 Å². The van der Waals surface area contributed by atoms with Gasteiger partial charge in [-0.15, -0.1) is 0 Å². The zero-order valence-electron chi connectivity index (χ0n) is 14.4. The maximum Gasteiger partial charge on any atom is 0.223 e. The van der Waals surface area contributed by atoms with E-state index in [1.165, 1.54) is 11.1 Å². The van der Waals surface area contributed by atoms with Crippen LogP contribution in [0.15, 0.2) is 24.3 Å². The lowest BCUT2D eigenvalue weighted by molar-refractivity contribution is -0.134. The van der Waals surface area contributed by atoms with Gasteiger partial charge >= 0.3 is 0 Å². The lowest BCUT2D eigenvalue weighted by atomic mass is 9.86. The highest BCUT2D eigenvalue weighted by atomic mass is 16.2. The maximum absolute atomic E-state index is 12.4. The summed E-state index contributed by atoms with van der Waals surface area (Å²) >= 11 is 0. The van der Waals surface area contributed by atoms with Crippen molar-refractivity contribution in [2.24, 2.45) is 5.73 Å². The molecule has 1 saturated heterocycles. The Morgan fingerprint density at radius 1 is 1.27 bits per heavy atom. The predicted octanol–water partition coefficient (Wildman–Crippen LogP) is 3.25. The highest BCUT2D eigenvalue weighted by Crippen LogP contribution is 2.23. The SMILES string of the molecule is C[C@H]1C[C@@H](N)CCN1C(=O)CCc1ccc(C(C)(C)C)cc1. The van der Waals surface area contributed by atoms with Gasteiger partial charge in [0.15, 0.2) is 0 Å². The number of piperidine rings is 1. The fraction of sp³-hybridized carbons (Fsp3) is 0.632. The quantitative estimate of drug-likeness (QED) is 0.931. The second kappa shape index (κ2) is 6.82. The van der Waals surface area contributed by atoms with E-state index in [9.17, 15) is 4.79 Å². The van der Waals surface area contributed by atoms with Crippen molar-refractivity contribution in [1.82, 2.24) is 4.90 Å². The lowest BCUT2D eigenvalue weighted by Gasteiger charge is -2.36. The van der Waals surface area contributed by atoms with Crippen LogP contribution in [0.3, 0.4) is 0 Å². The van der Waals surface area contributed by atoms with Crippen molar-refractivity contribution in [2.45, 2.75) is 70.9 Å². The first kappa shape index (κ1) is 17.0. The molecule has 1 aliphatic rings. The van der Waals surface area contributed by atoms with Crippen LogP contribution in [0, 0.1) is 0 Å². The number of hydrogen-bond donors (Lipinski definition) is 1. The smallest absolute Gasteiger partial charge is 0.223 e. The highest BCUT2D eigenvalue weighted by molar-refractivity contribution is 5.76. The molecular weight excluding hydrogens is 272 g/mol. The zero-order chi connectivity index (χ0) is 16.3. The van der Waals surface area contributed by atoms with Crippen molar-refractivity contribution >= 4 is 5.91 Å². The Morgan fingerprint density at radius 3 is 2.45 bits per heavy atom. The largest absolute Gasteiger partial charge is 0.340 e. The molecule has 0 saturated carbocycles. The monoisotopic (exact) mass is 302 g/mol. The summed E-state index contributed by atoms with van der Waals surface area (Å²) in [6.45, 7) is 9.56. The van der Waals surface area contributed by atoms with Crippen molar-refractivity contribution in [1.29, 1.82) is 0 Å². The number of nitrogens with zero attached hydrogens (tertiary/aromatic N) is 1. The second-order valence-corrected chi connectivity index (χ2v) is 7.67. The predicted molar refractivity (Wildman–Crippen MR) is 91.8 cm³/mol. The molecule has 0 aliphatic carbocycles. The lowest BCUT2D eigenvalue weighted by Crippen LogP contribution is -2.48. The minimum absolute atomic E-state index is 0.177. The molecule has 1 amide bonds. The molecule has 0 aromatic heterocycles. The van der Waals surface area contributed by atoms with E-state index in [0.29, 0.717) is 6.42 Å². The molecule has 1 aromatic rings. The molecule has 3 heteroatoms. The molecule has 1 aromatic carbocycles. The Hall–Kier alpha value is -1.35. The highest BCUT2D eigenvalue weighted by Gasteiger charge is 2.26. The van der Waals surface area contributed by atoms with Crippen LogP contribution in [-0.4, -0.2) is 29.4 Å². The van der Waals surface area contributed by atoms with Gasteiger partial charge in [-0.2, -0.15) is 0 Å². The average Bonchev–Trinajstić information content (AvgIpc) is 2.44. The number of carbonyl (C=O) groups is 1. The molecule has 22 heavy (non-hydrogen) atoms. The van der Waals surface area contributed by atoms with Crippen molar-refractivity contribution in [3.63, 3.8) is 0 Å². The molecular formula is C19H30N2O. The van der Waals surface area contributed by atoms with E-state index in [-0.39, 0.29) is 23.4 Å². The van der Waals surface area contributed by atoms with Gasteiger partial charge in [0.1, 0.15) is 0 Å². The Labute approximate surface area is 134 Å². The number of hydrogen-bond acceptors (Lipinski definition) is 2. The fourth-order valence-corrected chi connectivity index (χ4v) is 3.15. The molecule has 2 atom stereocenters. The zero-order valence-corrected chi connectivity index (χ0v) is 14.4. The molecule has 0 radical (unpaired) electrons. The molecule has 2 rings (SSSR count). The third-order valence-electron chi connectivity index (χ3n) is 4.68. The second-order valence-electron chi connectivity index (χ2n) is 7.67. The summed E-state index contributed by atoms with van der Waals surface area (Å²) in [5.74, 6) is 0.263. The van der Waals surface area contributed by atoms with Gasteiger partial charge in [-0.25, -0.2) is 0 Å². The van der Waals surface area contributed by atoms with Crippen LogP contribution in [-0.2, 0) is 16.6 Å². The molecule has 0 unspecified atom stereocenters. The third kappa shape index (κ3) is 4.33. The maximum atomic E-state index is 12.4. The van der Waals surface area contributed by atoms with Gasteiger partial charge in [0.05, 0.1) is 0 Å². The summed E-state index contributed by atoms with van der Waals surface area (Å²) in [5, 5.41) is 0. The number of rotatable bonds is 3. The minimum Gasteiger partial charge on any atom is -0.340 e. The summed E-state index contributed by atoms with van der Waals surface area (Å²) in [7, 11) is 0. The number of amides is 1. The van der Waals surface area contributed by atoms with E-state index in [1.54, 1.807) is 0 Å². The Kier molecular flexibility index (Phi) is 5.28. The van der Waals surface area contributed by atoms with Gasteiger partial charge in [-0.05, 0) is 42.7 Å². The van der Waals surface area contributed by atoms with Crippen LogP contribution in [0.4, 0.5) is 0 Å². The van der Waals surface area contributed by atoms with Crippen LogP contribution in [0.5, 0.6) is 0 Å². The van der Waals surface area contributed by atoms with Gasteiger partial charge in [0.25, 0.3) is 0 Å². The Balaban J connectivity index is 1.88. The first-order chi connectivity index (χ1) is 10.3. The van der Waals surface area contributed by atoms with Crippen LogP contribution in [0.25, 0.3) is 0 Å². The van der Waals surface area contributed by atoms with E-state index >= 15 is 0 Å². The van der Waals surface area contributed by atoms with Crippen LogP contribution < -0.4 is 5.73 Å². The van der Waals surface area contributed by atoms with Gasteiger partial charge in [0, 0.05) is 25.0 Å². The summed E-state index contributed by atoms with van der Waals surface area (Å²) in [4.78, 5) is 14.4. The molecule has 1 heterocycles. The van der Waals surface area contributed by atoms with E-state index in [1.807, 2.05) is 4.90 Å². The molecule has 0 spiro atoms. The van der Waals surface area contributed by atoms with Crippen LogP contribution in [0.1, 0.15) is 58.1 Å². The van der Waals surface area contributed by atoms with E-state index in [4.69, 9.17) is 5.73 Å². The van der Waals surface area contributed by atoms with Crippen LogP contribution >= 0.6 is 0 Å². The minimum atomic E-state index is 0.177. The first-order valence-electron chi connectivity index (χ1n) is 8.42. The van der Waals surface area contributed by atoms with Gasteiger partial charge in [0.2, 0.25) is 5.91 Å². The summed E-state index contributed by atoms with van der Waals surface area (Å²) in [6, 6.07) is 9.21. The normalized spacial score (nSPS) is 22.7. The number of benzene rings is 1. The first-order valence-corrected chi connectivity index (χ1v) is 8.42. The summed E-state index contributed by atoms with van der Waals surface area (Å²) in [6.07, 6.45) is 3.26. The van der Waals surface area contributed by atoms with Crippen molar-refractivity contribution < 1.29 is 4.79 Å². The van der Waals surface area contributed by atoms with Crippen LogP contribution in [0.2, 0.25) is 0 Å². The average molecular weight is 302 g/mol. The molecule has 0 bridgehead atoms. The molecule has 122 valence electrons. The van der Waals surface area contributed by atoms with E-state index in [2.05, 4.69) is 52.0 Å². The molecule has 1 aliphatic heterocycles. The summed E-state index contributed by atoms with van der Waals surface area (Å²) < 4.78 is 0. The Bertz CT molecular complexity index is 501. The standard InChI is InChI=1S/C19H30N2O/c1-14-13-17(20)11-12-21(14)18(22)10-7-15-5-8-16(9-6-15)19(2,3)4/h5-6,8-9,14,17H,7,10-13,20H2,1-4H3/t14-,17-/m0/s1. The number of carbonyl (C=O) groups excluding carboxylic acids is 1. The fourth-order valence-electron chi connectivity index (χ4n) is 3.15. The number of nitrogens with two attached hydrogens (primary N) is 1. The van der Waals surface area contributed by atoms with Crippen molar-refractivity contribution in [3.05, 3.63) is 35.4 Å². The van der Waals surface area contributed by atoms with E-state index in [0.717, 1.165) is 25.8 Å². The molecule has 1 fully saturated rings. The van der Waals surface area contributed by atoms with Crippen molar-refractivity contribution in [3.8, 4) is 0 Å².